The molecule has 0 unspecified atom stereocenters. The second-order valence-electron chi connectivity index (χ2n) is 13.4. The maximum atomic E-state index is 5.32. The molecule has 0 spiro atoms. The molecule has 1 aliphatic heterocycles. The predicted octanol–water partition coefficient (Wildman–Crippen LogP) is 9.10. The summed E-state index contributed by atoms with van der Waals surface area (Å²) in [5, 5.41) is 7.72. The van der Waals surface area contributed by atoms with Crippen LogP contribution in [-0.2, 0) is 0 Å². The highest BCUT2D eigenvalue weighted by atomic mass is 28.2. The Balaban J connectivity index is 1.03. The first kappa shape index (κ1) is 28.3. The van der Waals surface area contributed by atoms with Gasteiger partial charge in [-0.05, 0) is 58.9 Å². The summed E-state index contributed by atoms with van der Waals surface area (Å²) in [5.41, 5.74) is 13.6. The van der Waals surface area contributed by atoms with Gasteiger partial charge in [0, 0.05) is 55.8 Å². The highest BCUT2D eigenvalue weighted by Crippen LogP contribution is 2.39. The van der Waals surface area contributed by atoms with Crippen molar-refractivity contribution < 1.29 is 0 Å². The molecule has 6 aromatic carbocycles. The highest BCUT2D eigenvalue weighted by molar-refractivity contribution is 6.73. The lowest BCUT2D eigenvalue weighted by atomic mass is 10.0. The molecular weight excluding hydrogens is 637 g/mol. The Bertz CT molecular complexity index is 2990. The molecular formula is C46H30N4Si. The maximum Gasteiger partial charge on any atom is 0.0933 e. The first-order chi connectivity index (χ1) is 25.3. The van der Waals surface area contributed by atoms with Gasteiger partial charge in [0.25, 0.3) is 0 Å². The van der Waals surface area contributed by atoms with Crippen molar-refractivity contribution in [2.24, 2.45) is 0 Å². The Labute approximate surface area is 296 Å². The quantitative estimate of drug-likeness (QED) is 0.176. The van der Waals surface area contributed by atoms with E-state index in [4.69, 9.17) is 9.97 Å². The lowest BCUT2D eigenvalue weighted by Gasteiger charge is -2.12. The second-order valence-corrected chi connectivity index (χ2v) is 15.3. The molecule has 0 fully saturated rings. The van der Waals surface area contributed by atoms with Gasteiger partial charge in [-0.15, -0.1) is 0 Å². The number of para-hydroxylation sites is 5. The highest BCUT2D eigenvalue weighted by Gasteiger charge is 2.25. The van der Waals surface area contributed by atoms with Crippen LogP contribution in [0.25, 0.3) is 88.8 Å². The molecule has 0 N–H and O–H groups in total. The molecule has 238 valence electrons. The van der Waals surface area contributed by atoms with Crippen LogP contribution in [0.3, 0.4) is 0 Å². The number of rotatable bonds is 4. The molecule has 0 saturated carbocycles. The second kappa shape index (κ2) is 11.0. The van der Waals surface area contributed by atoms with Gasteiger partial charge in [0.1, 0.15) is 0 Å². The summed E-state index contributed by atoms with van der Waals surface area (Å²) in [6.07, 6.45) is 2.06. The summed E-state index contributed by atoms with van der Waals surface area (Å²) in [6, 6.07) is 59.0. The Morgan fingerprint density at radius 3 is 1.86 bits per heavy atom. The lowest BCUT2D eigenvalue weighted by molar-refractivity contribution is 1.18. The average molecular weight is 667 g/mol. The van der Waals surface area contributed by atoms with Gasteiger partial charge < -0.3 is 9.13 Å². The molecule has 4 aromatic heterocycles. The van der Waals surface area contributed by atoms with E-state index in [9.17, 15) is 0 Å². The van der Waals surface area contributed by atoms with Crippen LogP contribution in [0.2, 0.25) is 0 Å². The van der Waals surface area contributed by atoms with Crippen molar-refractivity contribution in [2.75, 3.05) is 0 Å². The van der Waals surface area contributed by atoms with E-state index in [0.29, 0.717) is 0 Å². The summed E-state index contributed by atoms with van der Waals surface area (Å²) < 4.78 is 4.77. The molecule has 0 aliphatic carbocycles. The number of fused-ring (bicyclic) bond motifs is 9. The van der Waals surface area contributed by atoms with Crippen molar-refractivity contribution in [1.29, 1.82) is 0 Å². The van der Waals surface area contributed by atoms with Crippen molar-refractivity contribution in [2.45, 2.75) is 0 Å². The average Bonchev–Trinajstić information content (AvgIpc) is 3.85. The van der Waals surface area contributed by atoms with Gasteiger partial charge in [-0.1, -0.05) is 115 Å². The van der Waals surface area contributed by atoms with Gasteiger partial charge in [-0.25, -0.2) is 4.98 Å². The van der Waals surface area contributed by atoms with Crippen LogP contribution in [0.1, 0.15) is 0 Å². The fourth-order valence-electron chi connectivity index (χ4n) is 8.29. The minimum Gasteiger partial charge on any atom is -0.309 e. The van der Waals surface area contributed by atoms with E-state index in [1.807, 2.05) is 0 Å². The van der Waals surface area contributed by atoms with Crippen molar-refractivity contribution >= 4 is 63.5 Å². The third-order valence-corrected chi connectivity index (χ3v) is 12.4. The molecule has 5 heteroatoms. The van der Waals surface area contributed by atoms with E-state index in [2.05, 4.69) is 179 Å². The number of benzene rings is 6. The third kappa shape index (κ3) is 4.25. The zero-order valence-corrected chi connectivity index (χ0v) is 29.1. The number of aromatic nitrogens is 4. The largest absolute Gasteiger partial charge is 0.309 e. The van der Waals surface area contributed by atoms with Crippen molar-refractivity contribution in [1.82, 2.24) is 19.1 Å². The van der Waals surface area contributed by atoms with Gasteiger partial charge in [-0.2, -0.15) is 0 Å². The van der Waals surface area contributed by atoms with Gasteiger partial charge in [-0.3, -0.25) is 4.98 Å². The van der Waals surface area contributed by atoms with E-state index in [1.165, 1.54) is 59.5 Å². The standard InChI is InChI=1S/C46H30N4Si/c1-3-12-31(13-4-1)49-39-20-9-7-16-34(39)36-23-22-29(26-41(36)49)38-24-25-42-45(48-38)44-43(51-42)27-30(28-47-44)33-18-11-19-37-35-17-8-10-21-40(35)50(46(33)37)32-14-5-2-6-15-32/h1-28H,51H2. The fourth-order valence-corrected chi connectivity index (χ4v) is 10.1. The zero-order chi connectivity index (χ0) is 33.5. The molecule has 1 aliphatic rings. The third-order valence-electron chi connectivity index (χ3n) is 10.6. The van der Waals surface area contributed by atoms with Gasteiger partial charge in [0.05, 0.1) is 48.7 Å². The fraction of sp³-hybridized carbons (Fsp3) is 0. The molecule has 0 atom stereocenters. The Morgan fingerprint density at radius 1 is 0.431 bits per heavy atom. The molecule has 4 nitrogen and oxygen atoms in total. The topological polar surface area (TPSA) is 35.6 Å². The van der Waals surface area contributed by atoms with Crippen molar-refractivity contribution in [3.05, 3.63) is 170 Å². The molecule has 0 amide bonds. The molecule has 0 radical (unpaired) electrons. The van der Waals surface area contributed by atoms with Crippen LogP contribution in [0.15, 0.2) is 170 Å². The summed E-state index contributed by atoms with van der Waals surface area (Å²) in [6.45, 7) is 0. The first-order valence-corrected chi connectivity index (χ1v) is 18.9. The van der Waals surface area contributed by atoms with E-state index < -0.39 is 9.52 Å². The zero-order valence-electron chi connectivity index (χ0n) is 27.7. The van der Waals surface area contributed by atoms with Gasteiger partial charge in [0.15, 0.2) is 0 Å². The molecule has 51 heavy (non-hydrogen) atoms. The SMILES string of the molecule is c1ccc(-n2c3ccccc3c3ccc(-c4ccc5c(n4)-c4ncc(-c6cccc7c8ccccc8n(-c8ccccc8)c67)cc4[SiH2]5)cc32)cc1. The Hall–Kier alpha value is -6.56. The van der Waals surface area contributed by atoms with Crippen LogP contribution in [0, 0.1) is 0 Å². The number of hydrogen-bond acceptors (Lipinski definition) is 2. The molecule has 11 rings (SSSR count). The number of nitrogens with zero attached hydrogens (tertiary/aromatic N) is 4. The lowest BCUT2D eigenvalue weighted by Crippen LogP contribution is -2.21. The monoisotopic (exact) mass is 666 g/mol. The van der Waals surface area contributed by atoms with Crippen LogP contribution in [0.5, 0.6) is 0 Å². The predicted molar refractivity (Wildman–Crippen MR) is 215 cm³/mol. The number of hydrogen-bond donors (Lipinski definition) is 0. The summed E-state index contributed by atoms with van der Waals surface area (Å²) in [5.74, 6) is 0. The van der Waals surface area contributed by atoms with Crippen LogP contribution >= 0.6 is 0 Å². The minimum atomic E-state index is -0.745. The van der Waals surface area contributed by atoms with E-state index in [1.54, 1.807) is 0 Å². The maximum absolute atomic E-state index is 5.32. The number of pyridine rings is 2. The summed E-state index contributed by atoms with van der Waals surface area (Å²) in [4.78, 5) is 10.5. The van der Waals surface area contributed by atoms with Gasteiger partial charge >= 0.3 is 0 Å². The smallest absolute Gasteiger partial charge is 0.0933 e. The van der Waals surface area contributed by atoms with Crippen LogP contribution in [-0.4, -0.2) is 28.6 Å². The van der Waals surface area contributed by atoms with E-state index >= 15 is 0 Å². The van der Waals surface area contributed by atoms with Crippen LogP contribution in [0.4, 0.5) is 0 Å². The van der Waals surface area contributed by atoms with E-state index in [-0.39, 0.29) is 0 Å². The summed E-state index contributed by atoms with van der Waals surface area (Å²) >= 11 is 0. The Morgan fingerprint density at radius 2 is 1.08 bits per heavy atom. The minimum absolute atomic E-state index is 0.745. The molecule has 0 bridgehead atoms. The van der Waals surface area contributed by atoms with E-state index in [0.717, 1.165) is 39.6 Å². The van der Waals surface area contributed by atoms with Crippen LogP contribution < -0.4 is 10.4 Å². The van der Waals surface area contributed by atoms with Crippen molar-refractivity contribution in [3.8, 4) is 45.1 Å². The first-order valence-electron chi connectivity index (χ1n) is 17.5. The summed E-state index contributed by atoms with van der Waals surface area (Å²) in [7, 11) is -0.745. The molecule has 5 heterocycles. The molecule has 10 aromatic rings. The Kier molecular flexibility index (Phi) is 6.09. The van der Waals surface area contributed by atoms with Gasteiger partial charge in [0.2, 0.25) is 0 Å². The normalized spacial score (nSPS) is 12.7. The molecule has 0 saturated heterocycles. The van der Waals surface area contributed by atoms with Crippen molar-refractivity contribution in [3.63, 3.8) is 0 Å².